The van der Waals surface area contributed by atoms with Gasteiger partial charge in [-0.3, -0.25) is 9.78 Å². The Bertz CT molecular complexity index is 961. The molecule has 27 heavy (non-hydrogen) atoms. The maximum Gasteiger partial charge on any atom is 0.193 e. The van der Waals surface area contributed by atoms with E-state index >= 15 is 0 Å². The smallest absolute Gasteiger partial charge is 0.193 e. The van der Waals surface area contributed by atoms with E-state index in [0.717, 1.165) is 41.9 Å². The molecule has 0 fully saturated rings. The molecule has 0 radical (unpaired) electrons. The summed E-state index contributed by atoms with van der Waals surface area (Å²) < 4.78 is 5.82. The summed E-state index contributed by atoms with van der Waals surface area (Å²) in [5.74, 6) is 1.39. The molecule has 0 amide bonds. The largest absolute Gasteiger partial charge is 0.465 e. The van der Waals surface area contributed by atoms with Crippen molar-refractivity contribution in [3.63, 3.8) is 0 Å². The fourth-order valence-electron chi connectivity index (χ4n) is 3.26. The SMILES string of the molecule is CCCc1oc(C)cc(=O)c1-c1ccc(C2=CC=CC(C)(CC)C=C2)nc1. The third-order valence-electron chi connectivity index (χ3n) is 5.13. The van der Waals surface area contributed by atoms with Crippen LogP contribution in [0.25, 0.3) is 16.7 Å². The Morgan fingerprint density at radius 1 is 1.19 bits per heavy atom. The molecule has 2 aromatic heterocycles. The molecule has 2 aromatic rings. The third kappa shape index (κ3) is 4.19. The number of pyridine rings is 1. The van der Waals surface area contributed by atoms with Crippen molar-refractivity contribution in [2.45, 2.75) is 47.0 Å². The van der Waals surface area contributed by atoms with Crippen LogP contribution in [0.5, 0.6) is 0 Å². The second-order valence-corrected chi connectivity index (χ2v) is 7.38. The van der Waals surface area contributed by atoms with Crippen LogP contribution >= 0.6 is 0 Å². The van der Waals surface area contributed by atoms with Gasteiger partial charge in [-0.25, -0.2) is 0 Å². The Morgan fingerprint density at radius 3 is 2.67 bits per heavy atom. The molecular weight excluding hydrogens is 334 g/mol. The average molecular weight is 361 g/mol. The maximum atomic E-state index is 12.6. The lowest BCUT2D eigenvalue weighted by Gasteiger charge is -2.18. The second kappa shape index (κ2) is 7.91. The van der Waals surface area contributed by atoms with E-state index in [0.29, 0.717) is 11.3 Å². The summed E-state index contributed by atoms with van der Waals surface area (Å²) in [7, 11) is 0. The molecule has 0 aromatic carbocycles. The van der Waals surface area contributed by atoms with Crippen molar-refractivity contribution in [1.29, 1.82) is 0 Å². The molecule has 0 spiro atoms. The second-order valence-electron chi connectivity index (χ2n) is 7.38. The normalized spacial score (nSPS) is 19.0. The molecular formula is C24H27NO2. The molecule has 140 valence electrons. The summed E-state index contributed by atoms with van der Waals surface area (Å²) in [5.41, 5.74) is 3.47. The van der Waals surface area contributed by atoms with E-state index in [-0.39, 0.29) is 10.8 Å². The number of allylic oxidation sites excluding steroid dienone is 6. The van der Waals surface area contributed by atoms with Gasteiger partial charge in [0.25, 0.3) is 0 Å². The lowest BCUT2D eigenvalue weighted by molar-refractivity contribution is 0.463. The molecule has 1 atom stereocenters. The highest BCUT2D eigenvalue weighted by atomic mass is 16.3. The molecule has 3 rings (SSSR count). The van der Waals surface area contributed by atoms with E-state index in [1.165, 1.54) is 0 Å². The van der Waals surface area contributed by atoms with Gasteiger partial charge in [0.05, 0.1) is 11.3 Å². The first-order chi connectivity index (χ1) is 13.0. The fraction of sp³-hybridized carbons (Fsp3) is 0.333. The van der Waals surface area contributed by atoms with Crippen molar-refractivity contribution in [3.05, 3.63) is 82.2 Å². The van der Waals surface area contributed by atoms with E-state index in [4.69, 9.17) is 4.42 Å². The first-order valence-electron chi connectivity index (χ1n) is 9.65. The predicted molar refractivity (Wildman–Crippen MR) is 112 cm³/mol. The number of hydrogen-bond acceptors (Lipinski definition) is 3. The summed E-state index contributed by atoms with van der Waals surface area (Å²) in [6, 6.07) is 5.49. The van der Waals surface area contributed by atoms with Crippen molar-refractivity contribution in [1.82, 2.24) is 4.98 Å². The summed E-state index contributed by atoms with van der Waals surface area (Å²) >= 11 is 0. The van der Waals surface area contributed by atoms with E-state index in [1.54, 1.807) is 12.3 Å². The lowest BCUT2D eigenvalue weighted by Crippen LogP contribution is -2.08. The molecule has 2 heterocycles. The Hall–Kier alpha value is -2.68. The average Bonchev–Trinajstić information content (AvgIpc) is 2.84. The number of nitrogens with zero attached hydrogens (tertiary/aromatic N) is 1. The van der Waals surface area contributed by atoms with Crippen LogP contribution in [0.4, 0.5) is 0 Å². The minimum absolute atomic E-state index is 0.00743. The predicted octanol–water partition coefficient (Wildman–Crippen LogP) is 5.89. The number of hydrogen-bond donors (Lipinski definition) is 0. The Kier molecular flexibility index (Phi) is 5.59. The highest BCUT2D eigenvalue weighted by Crippen LogP contribution is 2.30. The van der Waals surface area contributed by atoms with Gasteiger partial charge in [0.1, 0.15) is 11.5 Å². The van der Waals surface area contributed by atoms with Gasteiger partial charge >= 0.3 is 0 Å². The van der Waals surface area contributed by atoms with E-state index in [1.807, 2.05) is 19.1 Å². The van der Waals surface area contributed by atoms with Gasteiger partial charge in [-0.1, -0.05) is 57.2 Å². The molecule has 1 aliphatic rings. The van der Waals surface area contributed by atoms with Crippen molar-refractivity contribution in [3.8, 4) is 11.1 Å². The zero-order chi connectivity index (χ0) is 19.4. The minimum Gasteiger partial charge on any atom is -0.465 e. The van der Waals surface area contributed by atoms with Crippen LogP contribution in [-0.4, -0.2) is 4.98 Å². The Morgan fingerprint density at radius 2 is 2.00 bits per heavy atom. The molecule has 0 bridgehead atoms. The van der Waals surface area contributed by atoms with Crippen LogP contribution in [0.15, 0.2) is 64.0 Å². The van der Waals surface area contributed by atoms with Crippen molar-refractivity contribution >= 4 is 5.57 Å². The molecule has 0 saturated heterocycles. The van der Waals surface area contributed by atoms with Crippen LogP contribution in [0.2, 0.25) is 0 Å². The zero-order valence-corrected chi connectivity index (χ0v) is 16.6. The van der Waals surface area contributed by atoms with Crippen molar-refractivity contribution in [2.24, 2.45) is 5.41 Å². The van der Waals surface area contributed by atoms with Gasteiger partial charge in [-0.2, -0.15) is 0 Å². The van der Waals surface area contributed by atoms with Gasteiger partial charge in [0.2, 0.25) is 0 Å². The third-order valence-corrected chi connectivity index (χ3v) is 5.13. The Balaban J connectivity index is 1.96. The van der Waals surface area contributed by atoms with E-state index < -0.39 is 0 Å². The Labute approximate surface area is 161 Å². The first kappa shape index (κ1) is 19.1. The molecule has 1 aliphatic carbocycles. The molecule has 0 saturated carbocycles. The maximum absolute atomic E-state index is 12.6. The highest BCUT2D eigenvalue weighted by Gasteiger charge is 2.17. The molecule has 3 heteroatoms. The standard InChI is InChI=1S/C24H27NO2/c1-5-8-22-23(21(26)15-17(3)27-22)19-10-11-20(25-16-19)18-9-7-13-24(4,6-2)14-12-18/h7,9-16H,5-6,8H2,1-4H3. The number of aryl methyl sites for hydroxylation is 2. The quantitative estimate of drug-likeness (QED) is 0.667. The van der Waals surface area contributed by atoms with Gasteiger partial charge in [0, 0.05) is 29.7 Å². The monoisotopic (exact) mass is 361 g/mol. The molecule has 1 unspecified atom stereocenters. The van der Waals surface area contributed by atoms with E-state index in [9.17, 15) is 4.79 Å². The van der Waals surface area contributed by atoms with Crippen LogP contribution < -0.4 is 5.43 Å². The summed E-state index contributed by atoms with van der Waals surface area (Å²) in [4.78, 5) is 17.2. The molecule has 0 aliphatic heterocycles. The summed E-state index contributed by atoms with van der Waals surface area (Å²) in [6.45, 7) is 8.30. The molecule has 3 nitrogen and oxygen atoms in total. The number of rotatable bonds is 5. The van der Waals surface area contributed by atoms with Gasteiger partial charge in [0.15, 0.2) is 5.43 Å². The fourth-order valence-corrected chi connectivity index (χ4v) is 3.26. The van der Waals surface area contributed by atoms with Gasteiger partial charge in [-0.15, -0.1) is 0 Å². The summed E-state index contributed by atoms with van der Waals surface area (Å²) in [5, 5.41) is 0. The molecule has 0 N–H and O–H groups in total. The van der Waals surface area contributed by atoms with Crippen LogP contribution in [0.3, 0.4) is 0 Å². The summed E-state index contributed by atoms with van der Waals surface area (Å²) in [6.07, 6.45) is 15.3. The highest BCUT2D eigenvalue weighted by molar-refractivity contribution is 5.75. The minimum atomic E-state index is -0.00743. The lowest BCUT2D eigenvalue weighted by atomic mass is 9.87. The van der Waals surface area contributed by atoms with Crippen LogP contribution in [0.1, 0.15) is 50.8 Å². The van der Waals surface area contributed by atoms with Crippen molar-refractivity contribution < 1.29 is 4.42 Å². The van der Waals surface area contributed by atoms with Gasteiger partial charge < -0.3 is 4.42 Å². The zero-order valence-electron chi connectivity index (χ0n) is 16.6. The van der Waals surface area contributed by atoms with Crippen LogP contribution in [0, 0.1) is 12.3 Å². The topological polar surface area (TPSA) is 43.1 Å². The number of aromatic nitrogens is 1. The van der Waals surface area contributed by atoms with E-state index in [2.05, 4.69) is 56.1 Å². The van der Waals surface area contributed by atoms with Gasteiger partial charge in [-0.05, 0) is 31.4 Å². The van der Waals surface area contributed by atoms with Crippen molar-refractivity contribution in [2.75, 3.05) is 0 Å². The van der Waals surface area contributed by atoms with Crippen LogP contribution in [-0.2, 0) is 6.42 Å². The first-order valence-corrected chi connectivity index (χ1v) is 9.65.